The van der Waals surface area contributed by atoms with Crippen LogP contribution in [0.5, 0.6) is 0 Å². The molecule has 1 aliphatic heterocycles. The van der Waals surface area contributed by atoms with E-state index in [4.69, 9.17) is 4.74 Å². The molecule has 1 saturated heterocycles. The van der Waals surface area contributed by atoms with Crippen molar-refractivity contribution in [3.8, 4) is 0 Å². The van der Waals surface area contributed by atoms with E-state index >= 15 is 0 Å². The van der Waals surface area contributed by atoms with Crippen LogP contribution in [0.2, 0.25) is 0 Å². The Hall–Kier alpha value is -2.06. The normalized spacial score (nSPS) is 16.6. The molecule has 0 radical (unpaired) electrons. The number of aryl methyl sites for hydroxylation is 1. The van der Waals surface area contributed by atoms with Gasteiger partial charge in [0.25, 0.3) is 0 Å². The second kappa shape index (κ2) is 8.96. The molecule has 2 aromatic rings. The summed E-state index contributed by atoms with van der Waals surface area (Å²) >= 11 is 0. The van der Waals surface area contributed by atoms with Crippen molar-refractivity contribution in [1.82, 2.24) is 9.62 Å². The molecule has 1 N–H and O–H groups in total. The van der Waals surface area contributed by atoms with E-state index in [-0.39, 0.29) is 10.7 Å². The topological polar surface area (TPSA) is 75.7 Å². The molecule has 0 aliphatic carbocycles. The molecule has 6 nitrogen and oxygen atoms in total. The summed E-state index contributed by atoms with van der Waals surface area (Å²) in [6, 6.07) is 13.6. The molecule has 1 heterocycles. The molecule has 0 bridgehead atoms. The summed E-state index contributed by atoms with van der Waals surface area (Å²) in [6.45, 7) is 6.80. The number of nitrogens with one attached hydrogen (secondary N) is 1. The summed E-state index contributed by atoms with van der Waals surface area (Å²) in [7, 11) is -3.78. The minimum atomic E-state index is -3.78. The lowest BCUT2D eigenvalue weighted by Gasteiger charge is -2.31. The Morgan fingerprint density at radius 1 is 1.14 bits per heavy atom. The standard InChI is InChI=1S/C21H26N2O4S/c1-16-6-8-18(9-7-16)21(15-23-10-12-27-13-11-23)22-28(25,26)20-5-3-4-19(14-20)17(2)24/h3-9,14,21-22H,10-13,15H2,1-2H3/t21-/m1/s1. The SMILES string of the molecule is CC(=O)c1cccc(S(=O)(=O)N[C@H](CN2CCOCC2)c2ccc(C)cc2)c1. The van der Waals surface area contributed by atoms with E-state index in [1.54, 1.807) is 12.1 Å². The molecule has 28 heavy (non-hydrogen) atoms. The van der Waals surface area contributed by atoms with Crippen LogP contribution in [-0.2, 0) is 14.8 Å². The van der Waals surface area contributed by atoms with Crippen molar-refractivity contribution in [2.24, 2.45) is 0 Å². The van der Waals surface area contributed by atoms with Gasteiger partial charge in [-0.2, -0.15) is 0 Å². The Balaban J connectivity index is 1.87. The number of benzene rings is 2. The van der Waals surface area contributed by atoms with Crippen molar-refractivity contribution in [1.29, 1.82) is 0 Å². The van der Waals surface area contributed by atoms with Crippen LogP contribution in [0.4, 0.5) is 0 Å². The van der Waals surface area contributed by atoms with Crippen molar-refractivity contribution >= 4 is 15.8 Å². The van der Waals surface area contributed by atoms with E-state index in [2.05, 4.69) is 9.62 Å². The molecule has 0 unspecified atom stereocenters. The van der Waals surface area contributed by atoms with E-state index in [0.29, 0.717) is 25.3 Å². The van der Waals surface area contributed by atoms with E-state index in [1.807, 2.05) is 31.2 Å². The summed E-state index contributed by atoms with van der Waals surface area (Å²) in [5.41, 5.74) is 2.40. The van der Waals surface area contributed by atoms with Gasteiger partial charge in [0.05, 0.1) is 24.2 Å². The number of carbonyl (C=O) groups is 1. The number of nitrogens with zero attached hydrogens (tertiary/aromatic N) is 1. The third kappa shape index (κ3) is 5.26. The molecule has 7 heteroatoms. The first-order valence-corrected chi connectivity index (χ1v) is 10.8. The number of sulfonamides is 1. The number of ketones is 1. The number of rotatable bonds is 7. The summed E-state index contributed by atoms with van der Waals surface area (Å²) < 4.78 is 34.3. The van der Waals surface area contributed by atoms with E-state index in [9.17, 15) is 13.2 Å². The predicted octanol–water partition coefficient (Wildman–Crippen LogP) is 2.55. The number of hydrogen-bond acceptors (Lipinski definition) is 5. The fraction of sp³-hybridized carbons (Fsp3) is 0.381. The van der Waals surface area contributed by atoms with Gasteiger partial charge in [-0.3, -0.25) is 9.69 Å². The van der Waals surface area contributed by atoms with E-state index in [0.717, 1.165) is 24.2 Å². The van der Waals surface area contributed by atoms with Crippen LogP contribution in [0.3, 0.4) is 0 Å². The van der Waals surface area contributed by atoms with Gasteiger partial charge >= 0.3 is 0 Å². The minimum Gasteiger partial charge on any atom is -0.379 e. The van der Waals surface area contributed by atoms with Crippen LogP contribution in [-0.4, -0.2) is 51.9 Å². The van der Waals surface area contributed by atoms with Gasteiger partial charge in [0.1, 0.15) is 0 Å². The summed E-state index contributed by atoms with van der Waals surface area (Å²) in [5.74, 6) is -0.166. The Morgan fingerprint density at radius 2 is 1.82 bits per heavy atom. The van der Waals surface area contributed by atoms with Gasteiger partial charge in [0.15, 0.2) is 5.78 Å². The smallest absolute Gasteiger partial charge is 0.241 e. The Labute approximate surface area is 166 Å². The molecule has 0 saturated carbocycles. The fourth-order valence-corrected chi connectivity index (χ4v) is 4.45. The fourth-order valence-electron chi connectivity index (χ4n) is 3.19. The first-order chi connectivity index (χ1) is 13.3. The van der Waals surface area contributed by atoms with Gasteiger partial charge in [-0.05, 0) is 31.5 Å². The number of morpholine rings is 1. The third-order valence-corrected chi connectivity index (χ3v) is 6.34. The largest absolute Gasteiger partial charge is 0.379 e. The quantitative estimate of drug-likeness (QED) is 0.721. The summed E-state index contributed by atoms with van der Waals surface area (Å²) in [6.07, 6.45) is 0. The van der Waals surface area contributed by atoms with Crippen molar-refractivity contribution in [3.63, 3.8) is 0 Å². The Morgan fingerprint density at radius 3 is 2.46 bits per heavy atom. The molecule has 1 aliphatic rings. The molecule has 1 fully saturated rings. The van der Waals surface area contributed by atoms with Crippen LogP contribution in [0.15, 0.2) is 53.4 Å². The molecule has 0 aromatic heterocycles. The molecule has 1 atom stereocenters. The monoisotopic (exact) mass is 402 g/mol. The lowest BCUT2D eigenvalue weighted by Crippen LogP contribution is -2.43. The zero-order chi connectivity index (χ0) is 20.1. The minimum absolute atomic E-state index is 0.0966. The lowest BCUT2D eigenvalue weighted by atomic mass is 10.1. The highest BCUT2D eigenvalue weighted by atomic mass is 32.2. The Kier molecular flexibility index (Phi) is 6.61. The molecule has 3 rings (SSSR count). The number of hydrogen-bond donors (Lipinski definition) is 1. The van der Waals surface area contributed by atoms with Crippen LogP contribution in [0.25, 0.3) is 0 Å². The zero-order valence-corrected chi connectivity index (χ0v) is 17.0. The maximum atomic E-state index is 13.0. The van der Waals surface area contributed by atoms with E-state index < -0.39 is 16.1 Å². The van der Waals surface area contributed by atoms with Crippen molar-refractivity contribution < 1.29 is 17.9 Å². The lowest BCUT2D eigenvalue weighted by molar-refractivity contribution is 0.0345. The average molecular weight is 403 g/mol. The van der Waals surface area contributed by atoms with Gasteiger partial charge in [0.2, 0.25) is 10.0 Å². The highest BCUT2D eigenvalue weighted by molar-refractivity contribution is 7.89. The maximum Gasteiger partial charge on any atom is 0.241 e. The van der Waals surface area contributed by atoms with Crippen molar-refractivity contribution in [3.05, 3.63) is 65.2 Å². The second-order valence-electron chi connectivity index (χ2n) is 7.08. The third-order valence-electron chi connectivity index (χ3n) is 4.87. The van der Waals surface area contributed by atoms with Gasteiger partial charge in [-0.1, -0.05) is 42.0 Å². The molecular formula is C21H26N2O4S. The molecule has 0 spiro atoms. The maximum absolute atomic E-state index is 13.0. The van der Waals surface area contributed by atoms with Gasteiger partial charge in [-0.15, -0.1) is 0 Å². The van der Waals surface area contributed by atoms with Crippen LogP contribution < -0.4 is 4.72 Å². The van der Waals surface area contributed by atoms with Gasteiger partial charge in [-0.25, -0.2) is 13.1 Å². The van der Waals surface area contributed by atoms with Crippen LogP contribution in [0.1, 0.15) is 34.5 Å². The second-order valence-corrected chi connectivity index (χ2v) is 8.80. The van der Waals surface area contributed by atoms with Gasteiger partial charge in [0, 0.05) is 25.2 Å². The molecule has 2 aromatic carbocycles. The number of carbonyl (C=O) groups excluding carboxylic acids is 1. The molecule has 150 valence electrons. The van der Waals surface area contributed by atoms with Crippen molar-refractivity contribution in [2.45, 2.75) is 24.8 Å². The number of Topliss-reactive ketones (excluding diaryl/α,β-unsaturated/α-hetero) is 1. The highest BCUT2D eigenvalue weighted by Crippen LogP contribution is 2.21. The first-order valence-electron chi connectivity index (χ1n) is 9.35. The van der Waals surface area contributed by atoms with E-state index in [1.165, 1.54) is 19.1 Å². The summed E-state index contributed by atoms with van der Waals surface area (Å²) in [5, 5.41) is 0. The molecule has 0 amide bonds. The number of ether oxygens (including phenoxy) is 1. The summed E-state index contributed by atoms with van der Waals surface area (Å²) in [4.78, 5) is 13.9. The average Bonchev–Trinajstić information content (AvgIpc) is 2.69. The van der Waals surface area contributed by atoms with Gasteiger partial charge < -0.3 is 4.74 Å². The van der Waals surface area contributed by atoms with Crippen LogP contribution in [0, 0.1) is 6.92 Å². The Bertz CT molecular complexity index is 920. The first kappa shape index (κ1) is 20.7. The van der Waals surface area contributed by atoms with Crippen LogP contribution >= 0.6 is 0 Å². The molecular weight excluding hydrogens is 376 g/mol. The van der Waals surface area contributed by atoms with Crippen molar-refractivity contribution in [2.75, 3.05) is 32.8 Å². The highest BCUT2D eigenvalue weighted by Gasteiger charge is 2.25. The predicted molar refractivity (Wildman–Crippen MR) is 108 cm³/mol. The zero-order valence-electron chi connectivity index (χ0n) is 16.2.